The smallest absolute Gasteiger partial charge is 0.276 e. The van der Waals surface area contributed by atoms with Gasteiger partial charge in [-0.25, -0.2) is 18.9 Å². The molecule has 0 atom stereocenters. The van der Waals surface area contributed by atoms with Crippen molar-refractivity contribution in [2.45, 2.75) is 63.1 Å². The Morgan fingerprint density at radius 1 is 1.11 bits per heavy atom. The van der Waals surface area contributed by atoms with Crippen LogP contribution in [0.2, 0.25) is 0 Å². The van der Waals surface area contributed by atoms with Gasteiger partial charge in [0.15, 0.2) is 23.0 Å². The summed E-state index contributed by atoms with van der Waals surface area (Å²) in [4.78, 5) is 33.2. The molecule has 5 rings (SSSR count). The first-order chi connectivity index (χ1) is 17.5. The van der Waals surface area contributed by atoms with E-state index in [1.54, 1.807) is 18.3 Å². The first kappa shape index (κ1) is 23.5. The van der Waals surface area contributed by atoms with Crippen molar-refractivity contribution in [3.05, 3.63) is 42.1 Å². The number of hydrogen-bond donors (Lipinski definition) is 4. The van der Waals surface area contributed by atoms with Crippen LogP contribution in [0.4, 0.5) is 21.7 Å². The molecule has 2 aliphatic rings. The highest BCUT2D eigenvalue weighted by Gasteiger charge is 2.27. The Hall–Kier alpha value is -4.27. The van der Waals surface area contributed by atoms with Crippen molar-refractivity contribution in [3.63, 3.8) is 0 Å². The van der Waals surface area contributed by atoms with Crippen molar-refractivity contribution in [2.75, 3.05) is 16.0 Å². The number of anilines is 3. The highest BCUT2D eigenvalue weighted by molar-refractivity contribution is 6.03. The summed E-state index contributed by atoms with van der Waals surface area (Å²) >= 11 is 0. The number of aromatic nitrogens is 4. The van der Waals surface area contributed by atoms with E-state index >= 15 is 4.39 Å². The highest BCUT2D eigenvalue weighted by Crippen LogP contribution is 2.31. The van der Waals surface area contributed by atoms with Crippen LogP contribution in [0.3, 0.4) is 0 Å². The van der Waals surface area contributed by atoms with Crippen LogP contribution in [0.25, 0.3) is 5.65 Å². The SMILES string of the molecule is N#CCC(=O)NC1CCC(Nc2cc(NC(=O)c3cnc4cccnn34)c(F)c(NC3CC3)n2)CC1. The van der Waals surface area contributed by atoms with Crippen LogP contribution in [0.15, 0.2) is 30.6 Å². The van der Waals surface area contributed by atoms with Gasteiger partial charge in [-0.05, 0) is 50.7 Å². The largest absolute Gasteiger partial charge is 0.367 e. The summed E-state index contributed by atoms with van der Waals surface area (Å²) in [6.45, 7) is 0. The van der Waals surface area contributed by atoms with Crippen molar-refractivity contribution in [1.29, 1.82) is 5.26 Å². The number of nitrogens with zero attached hydrogens (tertiary/aromatic N) is 5. The van der Waals surface area contributed by atoms with E-state index in [1.165, 1.54) is 16.8 Å². The Bertz CT molecular complexity index is 1320. The second kappa shape index (κ2) is 10.2. The van der Waals surface area contributed by atoms with Gasteiger partial charge in [0, 0.05) is 30.4 Å². The number of pyridine rings is 1. The fourth-order valence-corrected chi connectivity index (χ4v) is 4.32. The second-order valence-corrected chi connectivity index (χ2v) is 9.12. The van der Waals surface area contributed by atoms with Gasteiger partial charge >= 0.3 is 0 Å². The molecule has 36 heavy (non-hydrogen) atoms. The molecule has 3 heterocycles. The van der Waals surface area contributed by atoms with Gasteiger partial charge in [-0.3, -0.25) is 9.59 Å². The van der Waals surface area contributed by atoms with Gasteiger partial charge < -0.3 is 21.3 Å². The summed E-state index contributed by atoms with van der Waals surface area (Å²) in [6, 6.07) is 7.06. The first-order valence-electron chi connectivity index (χ1n) is 12.0. The Morgan fingerprint density at radius 2 is 1.83 bits per heavy atom. The number of hydrogen-bond acceptors (Lipinski definition) is 8. The highest BCUT2D eigenvalue weighted by atomic mass is 19.1. The number of nitrogens with one attached hydrogen (secondary N) is 4. The molecule has 0 saturated heterocycles. The molecule has 0 bridgehead atoms. The molecule has 0 unspecified atom stereocenters. The molecule has 0 spiro atoms. The third kappa shape index (κ3) is 5.35. The fraction of sp³-hybridized carbons (Fsp3) is 0.417. The van der Waals surface area contributed by atoms with Gasteiger partial charge in [0.05, 0.1) is 18.0 Å². The first-order valence-corrected chi connectivity index (χ1v) is 12.0. The fourth-order valence-electron chi connectivity index (χ4n) is 4.32. The summed E-state index contributed by atoms with van der Waals surface area (Å²) in [5, 5.41) is 24.8. The standard InChI is InChI=1S/C24H26FN9O2/c25-22-17(32-24(36)18-13-27-20-2-1-11-28-34(18)20)12-19(33-23(22)31-16-7-8-16)29-14-3-5-15(6-4-14)30-21(35)9-10-26/h1-2,11-16H,3-9H2,(H,30,35)(H3,29,31,32,33,36). The van der Waals surface area contributed by atoms with Gasteiger partial charge in [0.1, 0.15) is 12.2 Å². The molecule has 11 nitrogen and oxygen atoms in total. The second-order valence-electron chi connectivity index (χ2n) is 9.12. The van der Waals surface area contributed by atoms with Crippen molar-refractivity contribution >= 4 is 34.8 Å². The molecule has 4 N–H and O–H groups in total. The van der Waals surface area contributed by atoms with Crippen LogP contribution in [0.1, 0.15) is 55.4 Å². The Labute approximate surface area is 206 Å². The maximum absolute atomic E-state index is 15.3. The summed E-state index contributed by atoms with van der Waals surface area (Å²) < 4.78 is 16.7. The Balaban J connectivity index is 1.30. The number of halogens is 1. The van der Waals surface area contributed by atoms with Crippen molar-refractivity contribution in [2.24, 2.45) is 0 Å². The van der Waals surface area contributed by atoms with E-state index in [1.807, 2.05) is 6.07 Å². The number of carbonyl (C=O) groups excluding carboxylic acids is 2. The summed E-state index contributed by atoms with van der Waals surface area (Å²) in [5.74, 6) is -0.893. The average Bonchev–Trinajstić information content (AvgIpc) is 3.58. The minimum absolute atomic E-state index is 0.00369. The maximum Gasteiger partial charge on any atom is 0.276 e. The summed E-state index contributed by atoms with van der Waals surface area (Å²) in [5.41, 5.74) is 0.699. The third-order valence-corrected chi connectivity index (χ3v) is 6.32. The van der Waals surface area contributed by atoms with Crippen molar-refractivity contribution < 1.29 is 14.0 Å². The summed E-state index contributed by atoms with van der Waals surface area (Å²) in [7, 11) is 0. The molecule has 3 aromatic rings. The van der Waals surface area contributed by atoms with E-state index in [4.69, 9.17) is 5.26 Å². The van der Waals surface area contributed by atoms with E-state index in [0.717, 1.165) is 38.5 Å². The summed E-state index contributed by atoms with van der Waals surface area (Å²) in [6.07, 6.45) is 7.74. The number of imidazole rings is 1. The molecule has 0 radical (unpaired) electrons. The molecule has 3 aromatic heterocycles. The third-order valence-electron chi connectivity index (χ3n) is 6.32. The van der Waals surface area contributed by atoms with Crippen LogP contribution in [-0.4, -0.2) is 49.5 Å². The number of amides is 2. The molecule has 2 fully saturated rings. The lowest BCUT2D eigenvalue weighted by molar-refractivity contribution is -0.121. The van der Waals surface area contributed by atoms with Crippen LogP contribution in [0, 0.1) is 17.1 Å². The molecular weight excluding hydrogens is 465 g/mol. The van der Waals surface area contributed by atoms with Gasteiger partial charge in [-0.1, -0.05) is 0 Å². The normalized spacial score (nSPS) is 19.3. The zero-order valence-electron chi connectivity index (χ0n) is 19.5. The molecule has 12 heteroatoms. The van der Waals surface area contributed by atoms with E-state index in [-0.39, 0.29) is 47.7 Å². The number of fused-ring (bicyclic) bond motifs is 1. The maximum atomic E-state index is 15.3. The Kier molecular flexibility index (Phi) is 6.62. The van der Waals surface area contributed by atoms with Crippen molar-refractivity contribution in [1.82, 2.24) is 24.9 Å². The lowest BCUT2D eigenvalue weighted by atomic mass is 9.91. The van der Waals surface area contributed by atoms with Crippen LogP contribution in [0.5, 0.6) is 0 Å². The lowest BCUT2D eigenvalue weighted by Gasteiger charge is -2.30. The van der Waals surface area contributed by atoms with Crippen LogP contribution >= 0.6 is 0 Å². The van der Waals surface area contributed by atoms with E-state index in [0.29, 0.717) is 11.5 Å². The molecular formula is C24H26FN9O2. The van der Waals surface area contributed by atoms with E-state index < -0.39 is 11.7 Å². The van der Waals surface area contributed by atoms with Gasteiger partial charge in [-0.15, -0.1) is 0 Å². The number of nitriles is 1. The minimum atomic E-state index is -0.633. The minimum Gasteiger partial charge on any atom is -0.367 e. The van der Waals surface area contributed by atoms with Crippen LogP contribution < -0.4 is 21.3 Å². The molecule has 0 aliphatic heterocycles. The van der Waals surface area contributed by atoms with Crippen molar-refractivity contribution in [3.8, 4) is 6.07 Å². The topological polar surface area (TPSA) is 149 Å². The Morgan fingerprint density at radius 3 is 2.58 bits per heavy atom. The molecule has 2 aliphatic carbocycles. The quantitative estimate of drug-likeness (QED) is 0.376. The van der Waals surface area contributed by atoms with E-state index in [9.17, 15) is 9.59 Å². The molecule has 2 saturated carbocycles. The monoisotopic (exact) mass is 491 g/mol. The number of rotatable bonds is 8. The number of carbonyl (C=O) groups is 2. The van der Waals surface area contributed by atoms with E-state index in [2.05, 4.69) is 36.3 Å². The zero-order valence-corrected chi connectivity index (χ0v) is 19.5. The molecule has 186 valence electrons. The van der Waals surface area contributed by atoms with Crippen LogP contribution in [-0.2, 0) is 4.79 Å². The zero-order chi connectivity index (χ0) is 25.1. The molecule has 0 aromatic carbocycles. The van der Waals surface area contributed by atoms with Gasteiger partial charge in [-0.2, -0.15) is 10.4 Å². The van der Waals surface area contributed by atoms with Gasteiger partial charge in [0.2, 0.25) is 5.91 Å². The predicted molar refractivity (Wildman–Crippen MR) is 130 cm³/mol. The predicted octanol–water partition coefficient (Wildman–Crippen LogP) is 2.84. The van der Waals surface area contributed by atoms with Gasteiger partial charge in [0.25, 0.3) is 5.91 Å². The molecule has 2 amide bonds. The average molecular weight is 492 g/mol. The lowest BCUT2D eigenvalue weighted by Crippen LogP contribution is -2.40.